The van der Waals surface area contributed by atoms with Crippen LogP contribution in [-0.2, 0) is 4.74 Å². The molecular formula is C23H25N3O3. The van der Waals surface area contributed by atoms with Crippen LogP contribution in [0.3, 0.4) is 0 Å². The van der Waals surface area contributed by atoms with Gasteiger partial charge in [-0.05, 0) is 41.1 Å². The number of anilines is 2. The van der Waals surface area contributed by atoms with Gasteiger partial charge in [-0.15, -0.1) is 0 Å². The van der Waals surface area contributed by atoms with Gasteiger partial charge in [0.05, 0.1) is 12.2 Å². The average molecular weight is 391 g/mol. The van der Waals surface area contributed by atoms with E-state index in [9.17, 15) is 9.59 Å². The van der Waals surface area contributed by atoms with Crippen molar-refractivity contribution in [1.82, 2.24) is 5.32 Å². The molecule has 6 nitrogen and oxygen atoms in total. The van der Waals surface area contributed by atoms with Crippen molar-refractivity contribution in [2.75, 3.05) is 44.6 Å². The molecule has 0 aliphatic carbocycles. The van der Waals surface area contributed by atoms with Crippen LogP contribution in [-0.4, -0.2) is 46.2 Å². The Morgan fingerprint density at radius 1 is 0.931 bits per heavy atom. The van der Waals surface area contributed by atoms with Gasteiger partial charge >= 0.3 is 0 Å². The molecule has 0 aromatic heterocycles. The highest BCUT2D eigenvalue weighted by Crippen LogP contribution is 2.24. The molecule has 0 unspecified atom stereocenters. The zero-order chi connectivity index (χ0) is 20.8. The molecule has 150 valence electrons. The van der Waals surface area contributed by atoms with Gasteiger partial charge in [0.2, 0.25) is 0 Å². The molecule has 0 aliphatic heterocycles. The number of amides is 2. The molecule has 2 N–H and O–H groups in total. The predicted molar refractivity (Wildman–Crippen MR) is 117 cm³/mol. The van der Waals surface area contributed by atoms with Crippen molar-refractivity contribution >= 4 is 34.0 Å². The molecule has 0 aliphatic rings. The number of hydrogen-bond donors (Lipinski definition) is 2. The number of rotatable bonds is 7. The predicted octanol–water partition coefficient (Wildman–Crippen LogP) is 3.53. The van der Waals surface area contributed by atoms with Crippen molar-refractivity contribution in [3.63, 3.8) is 0 Å². The van der Waals surface area contributed by atoms with Gasteiger partial charge in [0.15, 0.2) is 0 Å². The van der Waals surface area contributed by atoms with Gasteiger partial charge in [0, 0.05) is 44.7 Å². The summed E-state index contributed by atoms with van der Waals surface area (Å²) in [5.74, 6) is -0.438. The zero-order valence-electron chi connectivity index (χ0n) is 16.9. The van der Waals surface area contributed by atoms with Gasteiger partial charge in [-0.25, -0.2) is 0 Å². The third kappa shape index (κ3) is 4.92. The average Bonchev–Trinajstić information content (AvgIpc) is 2.73. The maximum atomic E-state index is 12.7. The van der Waals surface area contributed by atoms with Crippen LogP contribution in [0.1, 0.15) is 20.7 Å². The number of ether oxygens (including phenoxy) is 1. The third-order valence-electron chi connectivity index (χ3n) is 4.58. The highest BCUT2D eigenvalue weighted by Gasteiger charge is 2.15. The van der Waals surface area contributed by atoms with Crippen LogP contribution in [0, 0.1) is 0 Å². The van der Waals surface area contributed by atoms with Gasteiger partial charge in [-0.2, -0.15) is 0 Å². The molecule has 0 saturated carbocycles. The summed E-state index contributed by atoms with van der Waals surface area (Å²) in [4.78, 5) is 27.2. The minimum absolute atomic E-state index is 0.215. The van der Waals surface area contributed by atoms with Crippen LogP contribution < -0.4 is 15.5 Å². The topological polar surface area (TPSA) is 70.7 Å². The van der Waals surface area contributed by atoms with Crippen LogP contribution in [0.5, 0.6) is 0 Å². The molecule has 0 heterocycles. The lowest BCUT2D eigenvalue weighted by Gasteiger charge is -2.18. The van der Waals surface area contributed by atoms with Crippen LogP contribution in [0.15, 0.2) is 60.7 Å². The molecule has 2 amide bonds. The summed E-state index contributed by atoms with van der Waals surface area (Å²) in [6, 6.07) is 18.8. The first kappa shape index (κ1) is 20.4. The van der Waals surface area contributed by atoms with Crippen LogP contribution >= 0.6 is 0 Å². The second-order valence-electron chi connectivity index (χ2n) is 6.89. The second kappa shape index (κ2) is 9.21. The molecule has 6 heteroatoms. The lowest BCUT2D eigenvalue weighted by Crippen LogP contribution is -2.28. The number of nitrogens with zero attached hydrogens (tertiary/aromatic N) is 1. The lowest BCUT2D eigenvalue weighted by molar-refractivity contribution is 0.0936. The number of fused-ring (bicyclic) bond motifs is 1. The lowest BCUT2D eigenvalue weighted by atomic mass is 10.1. The van der Waals surface area contributed by atoms with Gasteiger partial charge in [-0.3, -0.25) is 9.59 Å². The van der Waals surface area contributed by atoms with E-state index in [4.69, 9.17) is 4.74 Å². The summed E-state index contributed by atoms with van der Waals surface area (Å²) in [6.45, 7) is 0.845. The van der Waals surface area contributed by atoms with E-state index in [1.54, 1.807) is 25.3 Å². The third-order valence-corrected chi connectivity index (χ3v) is 4.58. The number of carbonyl (C=O) groups is 2. The molecule has 29 heavy (non-hydrogen) atoms. The largest absolute Gasteiger partial charge is 0.383 e. The quantitative estimate of drug-likeness (QED) is 0.605. The standard InChI is InChI=1S/C23H25N3O3/c1-26(2)21-11-10-19(15-20(21)23(28)24-12-13-29-3)25-22(27)18-9-8-16-6-4-5-7-17(16)14-18/h4-11,14-15H,12-13H2,1-3H3,(H,24,28)(H,25,27). The second-order valence-corrected chi connectivity index (χ2v) is 6.89. The summed E-state index contributed by atoms with van der Waals surface area (Å²) in [6.07, 6.45) is 0. The summed E-state index contributed by atoms with van der Waals surface area (Å²) in [7, 11) is 5.32. The molecule has 0 saturated heterocycles. The molecule has 0 spiro atoms. The van der Waals surface area contributed by atoms with E-state index in [0.29, 0.717) is 30.0 Å². The Morgan fingerprint density at radius 3 is 2.41 bits per heavy atom. The minimum Gasteiger partial charge on any atom is -0.383 e. The van der Waals surface area contributed by atoms with Crippen molar-refractivity contribution in [2.45, 2.75) is 0 Å². The van der Waals surface area contributed by atoms with E-state index in [2.05, 4.69) is 10.6 Å². The van der Waals surface area contributed by atoms with Crippen LogP contribution in [0.4, 0.5) is 11.4 Å². The van der Waals surface area contributed by atoms with Crippen molar-refractivity contribution < 1.29 is 14.3 Å². The first-order valence-electron chi connectivity index (χ1n) is 9.38. The molecule has 0 radical (unpaired) electrons. The van der Waals surface area contributed by atoms with E-state index in [0.717, 1.165) is 16.5 Å². The van der Waals surface area contributed by atoms with E-state index in [1.807, 2.05) is 61.5 Å². The Labute approximate surface area is 170 Å². The highest BCUT2D eigenvalue weighted by molar-refractivity contribution is 6.08. The van der Waals surface area contributed by atoms with Crippen molar-refractivity contribution in [1.29, 1.82) is 0 Å². The van der Waals surface area contributed by atoms with E-state index < -0.39 is 0 Å². The fourth-order valence-corrected chi connectivity index (χ4v) is 3.08. The monoisotopic (exact) mass is 391 g/mol. The van der Waals surface area contributed by atoms with Gasteiger partial charge in [-0.1, -0.05) is 30.3 Å². The van der Waals surface area contributed by atoms with E-state index >= 15 is 0 Å². The molecular weight excluding hydrogens is 366 g/mol. The maximum Gasteiger partial charge on any atom is 0.255 e. The number of methoxy groups -OCH3 is 1. The zero-order valence-corrected chi connectivity index (χ0v) is 16.9. The number of benzene rings is 3. The van der Waals surface area contributed by atoms with Crippen LogP contribution in [0.2, 0.25) is 0 Å². The van der Waals surface area contributed by atoms with Gasteiger partial charge < -0.3 is 20.3 Å². The number of carbonyl (C=O) groups excluding carboxylic acids is 2. The Kier molecular flexibility index (Phi) is 6.46. The Bertz CT molecular complexity index is 1030. The Morgan fingerprint density at radius 2 is 1.69 bits per heavy atom. The summed E-state index contributed by atoms with van der Waals surface area (Å²) >= 11 is 0. The van der Waals surface area contributed by atoms with Gasteiger partial charge in [0.25, 0.3) is 11.8 Å². The molecule has 3 aromatic rings. The minimum atomic E-state index is -0.223. The number of hydrogen-bond acceptors (Lipinski definition) is 4. The maximum absolute atomic E-state index is 12.7. The Balaban J connectivity index is 1.83. The Hall–Kier alpha value is -3.38. The smallest absolute Gasteiger partial charge is 0.255 e. The SMILES string of the molecule is COCCNC(=O)c1cc(NC(=O)c2ccc3ccccc3c2)ccc1N(C)C. The van der Waals surface area contributed by atoms with Crippen molar-refractivity contribution in [3.05, 3.63) is 71.8 Å². The van der Waals surface area contributed by atoms with E-state index in [1.165, 1.54) is 0 Å². The van der Waals surface area contributed by atoms with Crippen LogP contribution in [0.25, 0.3) is 10.8 Å². The summed E-state index contributed by atoms with van der Waals surface area (Å²) in [5.41, 5.74) is 2.38. The molecule has 0 atom stereocenters. The molecule has 0 fully saturated rings. The van der Waals surface area contributed by atoms with Crippen molar-refractivity contribution in [2.24, 2.45) is 0 Å². The van der Waals surface area contributed by atoms with Gasteiger partial charge in [0.1, 0.15) is 0 Å². The van der Waals surface area contributed by atoms with Crippen molar-refractivity contribution in [3.8, 4) is 0 Å². The first-order chi connectivity index (χ1) is 14.0. The first-order valence-corrected chi connectivity index (χ1v) is 9.38. The summed E-state index contributed by atoms with van der Waals surface area (Å²) in [5, 5.41) is 7.79. The molecule has 3 aromatic carbocycles. The fourth-order valence-electron chi connectivity index (χ4n) is 3.08. The summed E-state index contributed by atoms with van der Waals surface area (Å²) < 4.78 is 4.98. The fraction of sp³-hybridized carbons (Fsp3) is 0.217. The number of nitrogens with one attached hydrogen (secondary N) is 2. The highest BCUT2D eigenvalue weighted by atomic mass is 16.5. The normalized spacial score (nSPS) is 10.6. The van der Waals surface area contributed by atoms with E-state index in [-0.39, 0.29) is 11.8 Å². The molecule has 0 bridgehead atoms. The molecule has 3 rings (SSSR count).